The lowest BCUT2D eigenvalue weighted by Crippen LogP contribution is -2.05. The molecule has 0 aliphatic heterocycles. The van der Waals surface area contributed by atoms with Crippen molar-refractivity contribution in [3.8, 4) is 28.3 Å². The van der Waals surface area contributed by atoms with Crippen LogP contribution in [0.15, 0.2) is 60.7 Å². The molecule has 2 aromatic carbocycles. The highest BCUT2D eigenvalue weighted by Crippen LogP contribution is 2.29. The van der Waals surface area contributed by atoms with Gasteiger partial charge >= 0.3 is 0 Å². The summed E-state index contributed by atoms with van der Waals surface area (Å²) >= 11 is 0. The molecule has 4 rings (SSSR count). The van der Waals surface area contributed by atoms with Crippen LogP contribution in [0.5, 0.6) is 5.75 Å². The van der Waals surface area contributed by atoms with Crippen molar-refractivity contribution in [2.24, 2.45) is 0 Å². The zero-order valence-electron chi connectivity index (χ0n) is 15.0. The molecule has 0 bridgehead atoms. The number of aromatic nitrogens is 3. The monoisotopic (exact) mass is 358 g/mol. The van der Waals surface area contributed by atoms with Gasteiger partial charge in [-0.3, -0.25) is 9.89 Å². The van der Waals surface area contributed by atoms with Gasteiger partial charge in [0.15, 0.2) is 5.65 Å². The lowest BCUT2D eigenvalue weighted by atomic mass is 10.1. The minimum atomic E-state index is -0.105. The molecule has 0 saturated heterocycles. The Balaban J connectivity index is 1.71. The summed E-state index contributed by atoms with van der Waals surface area (Å²) in [6.07, 6.45) is 0. The topological polar surface area (TPSA) is 79.9 Å². The third-order valence-electron chi connectivity index (χ3n) is 4.28. The zero-order chi connectivity index (χ0) is 18.8. The van der Waals surface area contributed by atoms with Crippen molar-refractivity contribution >= 4 is 22.6 Å². The Hall–Kier alpha value is -3.67. The van der Waals surface area contributed by atoms with Crippen LogP contribution in [0.1, 0.15) is 6.92 Å². The standard InChI is InChI=1S/C21H18N4O2/c1-13(26)22-16-5-3-4-15(12-16)19-11-10-18-20(24-25-21(18)23-19)14-6-8-17(27-2)9-7-14/h3-12H,1-2H3,(H,22,26)(H,23,24,25). The van der Waals surface area contributed by atoms with Gasteiger partial charge in [0.05, 0.1) is 18.5 Å². The number of benzene rings is 2. The van der Waals surface area contributed by atoms with Crippen molar-refractivity contribution in [3.05, 3.63) is 60.7 Å². The Kier molecular flexibility index (Phi) is 4.30. The number of aromatic amines is 1. The van der Waals surface area contributed by atoms with Crippen LogP contribution < -0.4 is 10.1 Å². The predicted octanol–water partition coefficient (Wildman–Crippen LogP) is 4.26. The number of ether oxygens (including phenoxy) is 1. The van der Waals surface area contributed by atoms with Crippen LogP contribution in [0, 0.1) is 0 Å². The van der Waals surface area contributed by atoms with Crippen molar-refractivity contribution in [1.82, 2.24) is 15.2 Å². The molecule has 0 saturated carbocycles. The third kappa shape index (κ3) is 3.37. The number of methoxy groups -OCH3 is 1. The van der Waals surface area contributed by atoms with Crippen molar-refractivity contribution in [2.75, 3.05) is 12.4 Å². The van der Waals surface area contributed by atoms with E-state index >= 15 is 0 Å². The van der Waals surface area contributed by atoms with E-state index in [0.29, 0.717) is 5.65 Å². The second kappa shape index (κ2) is 6.92. The summed E-state index contributed by atoms with van der Waals surface area (Å²) in [6, 6.07) is 19.3. The smallest absolute Gasteiger partial charge is 0.221 e. The van der Waals surface area contributed by atoms with Gasteiger partial charge in [0.2, 0.25) is 5.91 Å². The molecule has 0 spiro atoms. The summed E-state index contributed by atoms with van der Waals surface area (Å²) < 4.78 is 5.21. The van der Waals surface area contributed by atoms with Crippen LogP contribution in [0.3, 0.4) is 0 Å². The normalized spacial score (nSPS) is 10.7. The number of amides is 1. The second-order valence-corrected chi connectivity index (χ2v) is 6.16. The lowest BCUT2D eigenvalue weighted by molar-refractivity contribution is -0.114. The first-order chi connectivity index (χ1) is 13.1. The maximum atomic E-state index is 11.3. The summed E-state index contributed by atoms with van der Waals surface area (Å²) in [5, 5.41) is 11.2. The zero-order valence-corrected chi connectivity index (χ0v) is 15.0. The van der Waals surface area contributed by atoms with Gasteiger partial charge in [-0.15, -0.1) is 0 Å². The van der Waals surface area contributed by atoms with Crippen molar-refractivity contribution in [3.63, 3.8) is 0 Å². The fourth-order valence-electron chi connectivity index (χ4n) is 3.00. The number of anilines is 1. The molecule has 2 N–H and O–H groups in total. The van der Waals surface area contributed by atoms with Gasteiger partial charge in [0.1, 0.15) is 5.75 Å². The first-order valence-electron chi connectivity index (χ1n) is 8.51. The van der Waals surface area contributed by atoms with E-state index in [1.807, 2.05) is 60.7 Å². The lowest BCUT2D eigenvalue weighted by Gasteiger charge is -2.06. The largest absolute Gasteiger partial charge is 0.497 e. The second-order valence-electron chi connectivity index (χ2n) is 6.16. The van der Waals surface area contributed by atoms with Gasteiger partial charge in [-0.05, 0) is 48.5 Å². The summed E-state index contributed by atoms with van der Waals surface area (Å²) in [4.78, 5) is 15.9. The molecule has 0 aliphatic carbocycles. The molecule has 6 nitrogen and oxygen atoms in total. The molecule has 0 atom stereocenters. The first kappa shape index (κ1) is 16.8. The number of rotatable bonds is 4. The number of fused-ring (bicyclic) bond motifs is 1. The number of H-pyrrole nitrogens is 1. The summed E-state index contributed by atoms with van der Waals surface area (Å²) in [6.45, 7) is 1.49. The predicted molar refractivity (Wildman–Crippen MR) is 106 cm³/mol. The molecule has 0 aliphatic rings. The highest BCUT2D eigenvalue weighted by atomic mass is 16.5. The Morgan fingerprint density at radius 3 is 2.59 bits per heavy atom. The summed E-state index contributed by atoms with van der Waals surface area (Å²) in [5.74, 6) is 0.703. The van der Waals surface area contributed by atoms with E-state index in [1.165, 1.54) is 6.92 Å². The van der Waals surface area contributed by atoms with Crippen LogP contribution in [0.2, 0.25) is 0 Å². The molecule has 2 aromatic heterocycles. The van der Waals surface area contributed by atoms with E-state index in [1.54, 1.807) is 7.11 Å². The SMILES string of the molecule is COc1ccc(-c2[nH]nc3nc(-c4cccc(NC(C)=O)c4)ccc23)cc1. The average molecular weight is 358 g/mol. The highest BCUT2D eigenvalue weighted by molar-refractivity contribution is 5.92. The number of nitrogens with one attached hydrogen (secondary N) is 2. The van der Waals surface area contributed by atoms with Crippen molar-refractivity contribution < 1.29 is 9.53 Å². The Morgan fingerprint density at radius 1 is 1.04 bits per heavy atom. The molecular formula is C21H18N4O2. The molecular weight excluding hydrogens is 340 g/mol. The molecule has 0 unspecified atom stereocenters. The van der Waals surface area contributed by atoms with Gasteiger partial charge in [0, 0.05) is 29.1 Å². The summed E-state index contributed by atoms with van der Waals surface area (Å²) in [5.41, 5.74) is 5.02. The van der Waals surface area contributed by atoms with E-state index in [9.17, 15) is 4.79 Å². The fourth-order valence-corrected chi connectivity index (χ4v) is 3.00. The number of hydrogen-bond acceptors (Lipinski definition) is 4. The van der Waals surface area contributed by atoms with Crippen LogP contribution in [-0.4, -0.2) is 28.2 Å². The fraction of sp³-hybridized carbons (Fsp3) is 0.0952. The van der Waals surface area contributed by atoms with Gasteiger partial charge in [-0.1, -0.05) is 12.1 Å². The third-order valence-corrected chi connectivity index (χ3v) is 4.28. The van der Waals surface area contributed by atoms with Crippen LogP contribution in [-0.2, 0) is 4.79 Å². The molecule has 4 aromatic rings. The van der Waals surface area contributed by atoms with E-state index in [2.05, 4.69) is 20.5 Å². The van der Waals surface area contributed by atoms with Crippen LogP contribution >= 0.6 is 0 Å². The maximum Gasteiger partial charge on any atom is 0.221 e. The molecule has 2 heterocycles. The number of carbonyl (C=O) groups excluding carboxylic acids is 1. The average Bonchev–Trinajstić information content (AvgIpc) is 3.11. The van der Waals surface area contributed by atoms with Crippen molar-refractivity contribution in [2.45, 2.75) is 6.92 Å². The van der Waals surface area contributed by atoms with Crippen LogP contribution in [0.4, 0.5) is 5.69 Å². The minimum Gasteiger partial charge on any atom is -0.497 e. The molecule has 1 amide bonds. The minimum absolute atomic E-state index is 0.105. The first-order valence-corrected chi connectivity index (χ1v) is 8.51. The Labute approximate surface area is 156 Å². The number of pyridine rings is 1. The number of hydrogen-bond donors (Lipinski definition) is 2. The van der Waals surface area contributed by atoms with E-state index in [-0.39, 0.29) is 5.91 Å². The quantitative estimate of drug-likeness (QED) is 0.571. The van der Waals surface area contributed by atoms with Gasteiger partial charge in [-0.25, -0.2) is 4.98 Å². The van der Waals surface area contributed by atoms with Crippen molar-refractivity contribution in [1.29, 1.82) is 0 Å². The van der Waals surface area contributed by atoms with Crippen LogP contribution in [0.25, 0.3) is 33.5 Å². The highest BCUT2D eigenvalue weighted by Gasteiger charge is 2.11. The molecule has 6 heteroatoms. The van der Waals surface area contributed by atoms with E-state index in [0.717, 1.165) is 39.3 Å². The summed E-state index contributed by atoms with van der Waals surface area (Å²) in [7, 11) is 1.65. The van der Waals surface area contributed by atoms with Gasteiger partial charge in [-0.2, -0.15) is 5.10 Å². The van der Waals surface area contributed by atoms with E-state index < -0.39 is 0 Å². The van der Waals surface area contributed by atoms with Gasteiger partial charge < -0.3 is 10.1 Å². The Morgan fingerprint density at radius 2 is 1.85 bits per heavy atom. The molecule has 27 heavy (non-hydrogen) atoms. The molecule has 134 valence electrons. The molecule has 0 radical (unpaired) electrons. The molecule has 0 fully saturated rings. The van der Waals surface area contributed by atoms with Gasteiger partial charge in [0.25, 0.3) is 0 Å². The number of nitrogens with zero attached hydrogens (tertiary/aromatic N) is 2. The Bertz CT molecular complexity index is 1120. The number of carbonyl (C=O) groups is 1. The maximum absolute atomic E-state index is 11.3. The van der Waals surface area contributed by atoms with E-state index in [4.69, 9.17) is 4.74 Å².